The Bertz CT molecular complexity index is 1230. The molecule has 3 aromatic carbocycles. The van der Waals surface area contributed by atoms with E-state index in [1.165, 1.54) is 7.11 Å². The van der Waals surface area contributed by atoms with E-state index in [-0.39, 0.29) is 11.9 Å². The van der Waals surface area contributed by atoms with Crippen molar-refractivity contribution >= 4 is 22.7 Å². The third kappa shape index (κ3) is 3.99. The molecule has 1 atom stereocenters. The van der Waals surface area contributed by atoms with Crippen molar-refractivity contribution in [2.45, 2.75) is 18.9 Å². The van der Waals surface area contributed by atoms with Crippen LogP contribution in [0, 0.1) is 0 Å². The van der Waals surface area contributed by atoms with E-state index in [1.54, 1.807) is 0 Å². The maximum absolute atomic E-state index is 13.4. The molecule has 4 aromatic rings. The number of fused-ring (bicyclic) bond motifs is 1. The summed E-state index contributed by atoms with van der Waals surface area (Å²) in [4.78, 5) is 28.4. The number of para-hydroxylation sites is 2. The van der Waals surface area contributed by atoms with Gasteiger partial charge in [0.25, 0.3) is 5.91 Å². The van der Waals surface area contributed by atoms with Gasteiger partial charge in [-0.1, -0.05) is 59.8 Å². The number of rotatable bonds is 5. The number of oxime groups is 1. The van der Waals surface area contributed by atoms with Crippen molar-refractivity contribution in [3.05, 3.63) is 90.3 Å². The molecule has 1 N–H and O–H groups in total. The van der Waals surface area contributed by atoms with Gasteiger partial charge < -0.3 is 14.7 Å². The fourth-order valence-electron chi connectivity index (χ4n) is 4.31. The molecule has 32 heavy (non-hydrogen) atoms. The number of nitrogens with one attached hydrogen (secondary N) is 1. The highest BCUT2D eigenvalue weighted by atomic mass is 16.6. The highest BCUT2D eigenvalue weighted by Gasteiger charge is 2.34. The van der Waals surface area contributed by atoms with Crippen LogP contribution in [-0.4, -0.2) is 46.2 Å². The minimum absolute atomic E-state index is 0.00738. The molecule has 1 saturated heterocycles. The Morgan fingerprint density at radius 2 is 1.75 bits per heavy atom. The summed E-state index contributed by atoms with van der Waals surface area (Å²) >= 11 is 0. The van der Waals surface area contributed by atoms with Gasteiger partial charge in [-0.3, -0.25) is 4.79 Å². The Morgan fingerprint density at radius 1 is 1.03 bits per heavy atom. The molecule has 6 nitrogen and oxygen atoms in total. The predicted octanol–water partition coefficient (Wildman–Crippen LogP) is 4.69. The third-order valence-corrected chi connectivity index (χ3v) is 5.85. The summed E-state index contributed by atoms with van der Waals surface area (Å²) in [5.74, 6) is 0.860. The molecule has 1 unspecified atom stereocenters. The van der Waals surface area contributed by atoms with Crippen LogP contribution in [0.1, 0.15) is 22.6 Å². The minimum atomic E-state index is -0.0363. The summed E-state index contributed by atoms with van der Waals surface area (Å²) in [6, 6.07) is 25.9. The zero-order valence-corrected chi connectivity index (χ0v) is 17.9. The standard InChI is InChI=1S/C26H24N4O2/c1-32-29-21-15-22(16-25-27-23-9-5-6-10-24(23)28-25)30(17-21)26(31)20-13-11-19(12-14-20)18-7-3-2-4-8-18/h2-14,22H,15-17H2,1H3,(H,27,28)/b29-21+. The summed E-state index contributed by atoms with van der Waals surface area (Å²) in [7, 11) is 1.54. The third-order valence-electron chi connectivity index (χ3n) is 5.85. The normalized spacial score (nSPS) is 17.2. The lowest BCUT2D eigenvalue weighted by molar-refractivity contribution is 0.0739. The molecule has 1 fully saturated rings. The van der Waals surface area contributed by atoms with Crippen LogP contribution >= 0.6 is 0 Å². The van der Waals surface area contributed by atoms with Gasteiger partial charge in [0.05, 0.1) is 23.3 Å². The average molecular weight is 425 g/mol. The molecule has 0 spiro atoms. The zero-order chi connectivity index (χ0) is 21.9. The number of H-pyrrole nitrogens is 1. The maximum Gasteiger partial charge on any atom is 0.254 e. The largest absolute Gasteiger partial charge is 0.399 e. The molecule has 6 heteroatoms. The van der Waals surface area contributed by atoms with Crippen molar-refractivity contribution in [1.82, 2.24) is 14.9 Å². The summed E-state index contributed by atoms with van der Waals surface area (Å²) in [6.07, 6.45) is 1.30. The summed E-state index contributed by atoms with van der Waals surface area (Å²) in [5.41, 5.74) is 5.68. The van der Waals surface area contributed by atoms with Gasteiger partial charge in [-0.15, -0.1) is 0 Å². The zero-order valence-electron chi connectivity index (χ0n) is 17.9. The molecule has 160 valence electrons. The number of benzene rings is 3. The van der Waals surface area contributed by atoms with Gasteiger partial charge in [0.2, 0.25) is 0 Å². The monoisotopic (exact) mass is 424 g/mol. The lowest BCUT2D eigenvalue weighted by Crippen LogP contribution is -2.37. The molecule has 2 heterocycles. The van der Waals surface area contributed by atoms with E-state index in [0.29, 0.717) is 24.9 Å². The first kappa shape index (κ1) is 20.0. The number of aromatic amines is 1. The molecule has 0 bridgehead atoms. The Morgan fingerprint density at radius 3 is 2.50 bits per heavy atom. The smallest absolute Gasteiger partial charge is 0.254 e. The first-order chi connectivity index (χ1) is 15.7. The number of likely N-dealkylation sites (tertiary alicyclic amines) is 1. The van der Waals surface area contributed by atoms with Crippen molar-refractivity contribution in [2.75, 3.05) is 13.7 Å². The van der Waals surface area contributed by atoms with Crippen molar-refractivity contribution in [3.63, 3.8) is 0 Å². The molecule has 1 amide bonds. The van der Waals surface area contributed by atoms with Gasteiger partial charge in [-0.25, -0.2) is 4.98 Å². The van der Waals surface area contributed by atoms with Crippen molar-refractivity contribution in [2.24, 2.45) is 5.16 Å². The molecule has 1 aliphatic heterocycles. The second-order valence-corrected chi connectivity index (χ2v) is 7.98. The molecule has 1 aliphatic rings. The Labute approximate surface area is 186 Å². The number of imidazole rings is 1. The lowest BCUT2D eigenvalue weighted by Gasteiger charge is -2.23. The van der Waals surface area contributed by atoms with Crippen molar-refractivity contribution < 1.29 is 9.63 Å². The van der Waals surface area contributed by atoms with E-state index < -0.39 is 0 Å². The first-order valence-electron chi connectivity index (χ1n) is 10.7. The van der Waals surface area contributed by atoms with E-state index in [1.807, 2.05) is 71.6 Å². The summed E-state index contributed by atoms with van der Waals surface area (Å²) < 4.78 is 0. The molecular formula is C26H24N4O2. The Balaban J connectivity index is 1.39. The van der Waals surface area contributed by atoms with Crippen LogP contribution < -0.4 is 0 Å². The van der Waals surface area contributed by atoms with E-state index in [4.69, 9.17) is 9.82 Å². The van der Waals surface area contributed by atoms with Crippen LogP contribution in [0.15, 0.2) is 84.0 Å². The number of aromatic nitrogens is 2. The molecule has 0 saturated carbocycles. The molecule has 0 radical (unpaired) electrons. The SMILES string of the molecule is CO/N=C1\CC(Cc2nc3ccccc3[nH]2)N(C(=O)c2ccc(-c3ccccc3)cc2)C1. The molecule has 1 aromatic heterocycles. The topological polar surface area (TPSA) is 70.6 Å². The van der Waals surface area contributed by atoms with Gasteiger partial charge in [0.1, 0.15) is 12.9 Å². The second-order valence-electron chi connectivity index (χ2n) is 7.98. The number of hydrogen-bond donors (Lipinski definition) is 1. The molecular weight excluding hydrogens is 400 g/mol. The maximum atomic E-state index is 13.4. The van der Waals surface area contributed by atoms with Crippen LogP contribution in [-0.2, 0) is 11.3 Å². The van der Waals surface area contributed by atoms with E-state index in [2.05, 4.69) is 22.3 Å². The van der Waals surface area contributed by atoms with Crippen molar-refractivity contribution in [1.29, 1.82) is 0 Å². The fraction of sp³-hybridized carbons (Fsp3) is 0.192. The fourth-order valence-corrected chi connectivity index (χ4v) is 4.31. The highest BCUT2D eigenvalue weighted by molar-refractivity contribution is 6.00. The quantitative estimate of drug-likeness (QED) is 0.473. The van der Waals surface area contributed by atoms with Crippen LogP contribution in [0.4, 0.5) is 0 Å². The lowest BCUT2D eigenvalue weighted by atomic mass is 10.0. The number of carbonyl (C=O) groups is 1. The number of amides is 1. The van der Waals surface area contributed by atoms with E-state index >= 15 is 0 Å². The predicted molar refractivity (Wildman–Crippen MR) is 126 cm³/mol. The minimum Gasteiger partial charge on any atom is -0.399 e. The number of hydrogen-bond acceptors (Lipinski definition) is 4. The number of carbonyl (C=O) groups excluding carboxylic acids is 1. The van der Waals surface area contributed by atoms with E-state index in [9.17, 15) is 4.79 Å². The first-order valence-corrected chi connectivity index (χ1v) is 10.7. The Hall–Kier alpha value is -3.93. The highest BCUT2D eigenvalue weighted by Crippen LogP contribution is 2.25. The van der Waals surface area contributed by atoms with Gasteiger partial charge in [0.15, 0.2) is 0 Å². The van der Waals surface area contributed by atoms with Gasteiger partial charge >= 0.3 is 0 Å². The van der Waals surface area contributed by atoms with Crippen molar-refractivity contribution in [3.8, 4) is 11.1 Å². The average Bonchev–Trinajstić information content (AvgIpc) is 3.43. The van der Waals surface area contributed by atoms with Crippen LogP contribution in [0.2, 0.25) is 0 Å². The van der Waals surface area contributed by atoms with Crippen LogP contribution in [0.5, 0.6) is 0 Å². The van der Waals surface area contributed by atoms with Gasteiger partial charge in [-0.05, 0) is 35.4 Å². The second kappa shape index (κ2) is 8.67. The van der Waals surface area contributed by atoms with Crippen LogP contribution in [0.3, 0.4) is 0 Å². The summed E-state index contributed by atoms with van der Waals surface area (Å²) in [6.45, 7) is 0.456. The van der Waals surface area contributed by atoms with Gasteiger partial charge in [-0.2, -0.15) is 0 Å². The van der Waals surface area contributed by atoms with Gasteiger partial charge in [0, 0.05) is 24.4 Å². The molecule has 0 aliphatic carbocycles. The summed E-state index contributed by atoms with van der Waals surface area (Å²) in [5, 5.41) is 4.13. The van der Waals surface area contributed by atoms with Crippen LogP contribution in [0.25, 0.3) is 22.2 Å². The number of nitrogens with zero attached hydrogens (tertiary/aromatic N) is 3. The Kier molecular flexibility index (Phi) is 5.42. The van der Waals surface area contributed by atoms with E-state index in [0.717, 1.165) is 33.7 Å². The molecule has 5 rings (SSSR count).